The van der Waals surface area contributed by atoms with Crippen LogP contribution in [0.15, 0.2) is 30.3 Å². The molecule has 32 heavy (non-hydrogen) atoms. The summed E-state index contributed by atoms with van der Waals surface area (Å²) in [7, 11) is 2.49. The van der Waals surface area contributed by atoms with E-state index in [-0.39, 0.29) is 22.6 Å². The van der Waals surface area contributed by atoms with Crippen molar-refractivity contribution in [3.63, 3.8) is 0 Å². The molecule has 0 saturated carbocycles. The van der Waals surface area contributed by atoms with Crippen molar-refractivity contribution >= 4 is 17.9 Å². The minimum atomic E-state index is -1.10. The Kier molecular flexibility index (Phi) is 6.72. The van der Waals surface area contributed by atoms with Gasteiger partial charge in [-0.2, -0.15) is 0 Å². The van der Waals surface area contributed by atoms with E-state index < -0.39 is 23.5 Å². The van der Waals surface area contributed by atoms with Crippen molar-refractivity contribution in [1.29, 1.82) is 0 Å². The molecule has 2 aromatic carbocycles. The first-order valence-electron chi connectivity index (χ1n) is 10.9. The van der Waals surface area contributed by atoms with E-state index in [2.05, 4.69) is 6.92 Å². The maximum atomic E-state index is 13.3. The lowest BCUT2D eigenvalue weighted by Crippen LogP contribution is -2.27. The van der Waals surface area contributed by atoms with Crippen LogP contribution in [0.5, 0.6) is 0 Å². The first-order chi connectivity index (χ1) is 15.2. The largest absolute Gasteiger partial charge is 0.465 e. The molecule has 0 saturated heterocycles. The van der Waals surface area contributed by atoms with E-state index in [1.165, 1.54) is 14.2 Å². The fourth-order valence-electron chi connectivity index (χ4n) is 4.67. The minimum absolute atomic E-state index is 0.0806. The van der Waals surface area contributed by atoms with Crippen molar-refractivity contribution in [3.8, 4) is 0 Å². The second-order valence-electron chi connectivity index (χ2n) is 8.42. The highest BCUT2D eigenvalue weighted by Crippen LogP contribution is 2.48. The van der Waals surface area contributed by atoms with Crippen LogP contribution in [0, 0.1) is 0 Å². The molecule has 0 radical (unpaired) electrons. The maximum Gasteiger partial charge on any atom is 0.340 e. The van der Waals surface area contributed by atoms with Crippen LogP contribution in [-0.2, 0) is 26.2 Å². The molecule has 0 aromatic heterocycles. The third-order valence-corrected chi connectivity index (χ3v) is 6.09. The molecule has 1 atom stereocenters. The molecule has 0 spiro atoms. The number of hydrogen-bond donors (Lipinski definition) is 0. The van der Waals surface area contributed by atoms with Crippen molar-refractivity contribution < 1.29 is 28.6 Å². The second-order valence-corrected chi connectivity index (χ2v) is 8.42. The van der Waals surface area contributed by atoms with Gasteiger partial charge in [-0.15, -0.1) is 0 Å². The summed E-state index contributed by atoms with van der Waals surface area (Å²) in [5.74, 6) is -2.19. The van der Waals surface area contributed by atoms with E-state index in [1.54, 1.807) is 0 Å². The van der Waals surface area contributed by atoms with E-state index in [4.69, 9.17) is 14.2 Å². The quantitative estimate of drug-likeness (QED) is 0.439. The Hall–Kier alpha value is -3.15. The number of carbonyl (C=O) groups is 3. The molecule has 170 valence electrons. The van der Waals surface area contributed by atoms with Gasteiger partial charge in [0.05, 0.1) is 30.9 Å². The normalized spacial score (nSPS) is 17.2. The second kappa shape index (κ2) is 9.15. The van der Waals surface area contributed by atoms with Crippen molar-refractivity contribution in [2.75, 3.05) is 14.2 Å². The van der Waals surface area contributed by atoms with Crippen LogP contribution >= 0.6 is 0 Å². The van der Waals surface area contributed by atoms with E-state index in [0.717, 1.165) is 24.0 Å². The highest BCUT2D eigenvalue weighted by Gasteiger charge is 2.50. The fraction of sp³-hybridized carbons (Fsp3) is 0.423. The molecule has 2 aromatic rings. The average Bonchev–Trinajstić information content (AvgIpc) is 3.07. The van der Waals surface area contributed by atoms with Gasteiger partial charge in [0.2, 0.25) is 0 Å². The summed E-state index contributed by atoms with van der Waals surface area (Å²) in [6.07, 6.45) is 2.41. The fourth-order valence-corrected chi connectivity index (χ4v) is 4.67. The lowest BCUT2D eigenvalue weighted by atomic mass is 9.75. The highest BCUT2D eigenvalue weighted by molar-refractivity contribution is 6.14. The number of fused-ring (bicyclic) bond motifs is 1. The number of hydrogen-bond acceptors (Lipinski definition) is 6. The molecular weight excluding hydrogens is 408 g/mol. The molecule has 1 heterocycles. The summed E-state index contributed by atoms with van der Waals surface area (Å²) in [6.45, 7) is 7.84. The van der Waals surface area contributed by atoms with E-state index in [0.29, 0.717) is 17.5 Å². The molecule has 1 aliphatic rings. The molecular formula is C26H30O6. The van der Waals surface area contributed by atoms with Crippen LogP contribution in [-0.4, -0.2) is 32.1 Å². The number of rotatable bonds is 7. The van der Waals surface area contributed by atoms with Crippen molar-refractivity contribution in [2.24, 2.45) is 0 Å². The van der Waals surface area contributed by atoms with Gasteiger partial charge in [0.1, 0.15) is 0 Å². The molecule has 0 N–H and O–H groups in total. The Morgan fingerprint density at radius 3 is 2.16 bits per heavy atom. The Morgan fingerprint density at radius 1 is 1.03 bits per heavy atom. The van der Waals surface area contributed by atoms with Crippen LogP contribution in [0.2, 0.25) is 0 Å². The van der Waals surface area contributed by atoms with Gasteiger partial charge in [-0.3, -0.25) is 0 Å². The molecule has 6 nitrogen and oxygen atoms in total. The smallest absolute Gasteiger partial charge is 0.340 e. The van der Waals surface area contributed by atoms with Crippen LogP contribution in [0.4, 0.5) is 0 Å². The van der Waals surface area contributed by atoms with Crippen LogP contribution in [0.25, 0.3) is 0 Å². The number of benzene rings is 2. The van der Waals surface area contributed by atoms with Gasteiger partial charge in [-0.05, 0) is 42.4 Å². The lowest BCUT2D eigenvalue weighted by Gasteiger charge is -2.30. The maximum absolute atomic E-state index is 13.3. The van der Waals surface area contributed by atoms with Crippen LogP contribution in [0.3, 0.4) is 0 Å². The molecule has 0 aliphatic carbocycles. The summed E-state index contributed by atoms with van der Waals surface area (Å²) < 4.78 is 16.0. The van der Waals surface area contributed by atoms with E-state index in [9.17, 15) is 14.4 Å². The molecule has 0 fully saturated rings. The van der Waals surface area contributed by atoms with Gasteiger partial charge in [0, 0.05) is 5.56 Å². The predicted molar refractivity (Wildman–Crippen MR) is 120 cm³/mol. The third-order valence-electron chi connectivity index (χ3n) is 6.09. The van der Waals surface area contributed by atoms with Crippen LogP contribution < -0.4 is 0 Å². The minimum Gasteiger partial charge on any atom is -0.465 e. The zero-order valence-corrected chi connectivity index (χ0v) is 19.5. The Morgan fingerprint density at radius 2 is 1.62 bits per heavy atom. The van der Waals surface area contributed by atoms with Gasteiger partial charge in [-0.1, -0.05) is 57.5 Å². The number of unbranched alkanes of at least 4 members (excludes halogenated alkanes) is 1. The van der Waals surface area contributed by atoms with Crippen molar-refractivity contribution in [2.45, 2.75) is 58.5 Å². The Bertz CT molecular complexity index is 1050. The van der Waals surface area contributed by atoms with Gasteiger partial charge in [0.25, 0.3) is 0 Å². The first kappa shape index (κ1) is 23.5. The summed E-state index contributed by atoms with van der Waals surface area (Å²) in [4.78, 5) is 39.2. The average molecular weight is 439 g/mol. The predicted octanol–water partition coefficient (Wildman–Crippen LogP) is 5.16. The summed E-state index contributed by atoms with van der Waals surface area (Å²) in [6, 6.07) is 9.44. The van der Waals surface area contributed by atoms with E-state index in [1.807, 2.05) is 51.1 Å². The SMILES string of the molecule is CCCCc1c(C(C)C)c(C(=O)OC)c(C(=O)OC)c2c1C(C)(c1ccccc1)OC2=O. The zero-order valence-electron chi connectivity index (χ0n) is 19.5. The molecule has 1 aliphatic heterocycles. The lowest BCUT2D eigenvalue weighted by molar-refractivity contribution is 0.0176. The van der Waals surface area contributed by atoms with Crippen LogP contribution in [0.1, 0.15) is 99.8 Å². The Balaban J connectivity index is 2.56. The number of cyclic esters (lactones) is 1. The standard InChI is InChI=1S/C26H30O6/c1-7-8-14-17-18(15(2)3)19(23(27)30-5)20(24(28)31-6)21-22(17)26(4,32-25(21)29)16-12-10-9-11-13-16/h9-13,15H,7-8,14H2,1-6H3. The Labute approximate surface area is 188 Å². The summed E-state index contributed by atoms with van der Waals surface area (Å²) >= 11 is 0. The van der Waals surface area contributed by atoms with Crippen molar-refractivity contribution in [3.05, 3.63) is 69.3 Å². The molecule has 1 unspecified atom stereocenters. The molecule has 6 heteroatoms. The topological polar surface area (TPSA) is 78.9 Å². The summed E-state index contributed by atoms with van der Waals surface area (Å²) in [5.41, 5.74) is 2.00. The summed E-state index contributed by atoms with van der Waals surface area (Å²) in [5, 5.41) is 0. The van der Waals surface area contributed by atoms with Gasteiger partial charge < -0.3 is 14.2 Å². The van der Waals surface area contributed by atoms with E-state index >= 15 is 0 Å². The number of methoxy groups -OCH3 is 2. The molecule has 3 rings (SSSR count). The molecule has 0 amide bonds. The molecule has 0 bridgehead atoms. The third kappa shape index (κ3) is 3.68. The van der Waals surface area contributed by atoms with Gasteiger partial charge in [-0.25, -0.2) is 14.4 Å². The monoisotopic (exact) mass is 438 g/mol. The number of carbonyl (C=O) groups excluding carboxylic acids is 3. The van der Waals surface area contributed by atoms with Gasteiger partial charge in [0.15, 0.2) is 5.60 Å². The zero-order chi connectivity index (χ0) is 23.6. The highest BCUT2D eigenvalue weighted by atomic mass is 16.6. The first-order valence-corrected chi connectivity index (χ1v) is 10.9. The van der Waals surface area contributed by atoms with Crippen molar-refractivity contribution in [1.82, 2.24) is 0 Å². The van der Waals surface area contributed by atoms with Gasteiger partial charge >= 0.3 is 17.9 Å². The number of esters is 3. The number of ether oxygens (including phenoxy) is 3.